The van der Waals surface area contributed by atoms with Crippen molar-refractivity contribution in [3.8, 4) is 11.5 Å². The van der Waals surface area contributed by atoms with Crippen LogP contribution in [0, 0.1) is 23.7 Å². The van der Waals surface area contributed by atoms with Crippen LogP contribution in [0.4, 0.5) is 0 Å². The Kier molecular flexibility index (Phi) is 12.6. The molecule has 2 N–H and O–H groups in total. The van der Waals surface area contributed by atoms with E-state index in [0.29, 0.717) is 11.5 Å². The predicted octanol–water partition coefficient (Wildman–Crippen LogP) is 12.2. The fourth-order valence-corrected chi connectivity index (χ4v) is 10.2. The number of phenolic OH excluding ortho intramolecular Hbond substituents is 2. The van der Waals surface area contributed by atoms with E-state index in [-0.39, 0.29) is 5.41 Å². The van der Waals surface area contributed by atoms with E-state index in [2.05, 4.69) is 38.1 Å². The number of aryl methyl sites for hydroxylation is 2. The zero-order valence-electron chi connectivity index (χ0n) is 28.4. The molecule has 0 heterocycles. The van der Waals surface area contributed by atoms with Gasteiger partial charge in [-0.05, 0) is 109 Å². The minimum absolute atomic E-state index is 0.0273. The van der Waals surface area contributed by atoms with Crippen LogP contribution in [0.2, 0.25) is 0 Å². The number of phenols is 2. The van der Waals surface area contributed by atoms with Crippen LogP contribution in [0.3, 0.4) is 0 Å². The minimum Gasteiger partial charge on any atom is -0.508 e. The Morgan fingerprint density at radius 1 is 0.568 bits per heavy atom. The van der Waals surface area contributed by atoms with Crippen molar-refractivity contribution in [2.45, 2.75) is 167 Å². The Hall–Kier alpha value is -1.96. The smallest absolute Gasteiger partial charge is 0.115 e. The molecule has 44 heavy (non-hydrogen) atoms. The lowest BCUT2D eigenvalue weighted by atomic mass is 9.62. The molecular formula is C42H64O2. The first-order valence-corrected chi connectivity index (χ1v) is 19.2. The second kappa shape index (κ2) is 16.6. The lowest BCUT2D eigenvalue weighted by Gasteiger charge is -2.42. The second-order valence-electron chi connectivity index (χ2n) is 15.3. The van der Waals surface area contributed by atoms with Gasteiger partial charge in [0.15, 0.2) is 0 Å². The van der Waals surface area contributed by atoms with Gasteiger partial charge in [-0.2, -0.15) is 0 Å². The molecule has 3 aliphatic carbocycles. The summed E-state index contributed by atoms with van der Waals surface area (Å²) in [6, 6.07) is 12.8. The van der Waals surface area contributed by atoms with E-state index in [4.69, 9.17) is 0 Å². The van der Waals surface area contributed by atoms with Gasteiger partial charge >= 0.3 is 0 Å². The van der Waals surface area contributed by atoms with Crippen molar-refractivity contribution in [2.24, 2.45) is 23.7 Å². The van der Waals surface area contributed by atoms with E-state index in [9.17, 15) is 10.2 Å². The van der Waals surface area contributed by atoms with Crippen molar-refractivity contribution in [3.63, 3.8) is 0 Å². The molecule has 5 rings (SSSR count). The van der Waals surface area contributed by atoms with Crippen molar-refractivity contribution in [1.29, 1.82) is 0 Å². The summed E-state index contributed by atoms with van der Waals surface area (Å²) in [4.78, 5) is 0. The summed E-state index contributed by atoms with van der Waals surface area (Å²) in [5, 5.41) is 21.6. The molecule has 0 radical (unpaired) electrons. The monoisotopic (exact) mass is 600 g/mol. The highest BCUT2D eigenvalue weighted by molar-refractivity contribution is 5.51. The van der Waals surface area contributed by atoms with E-state index < -0.39 is 0 Å². The van der Waals surface area contributed by atoms with Gasteiger partial charge < -0.3 is 10.2 Å². The maximum atomic E-state index is 10.8. The van der Waals surface area contributed by atoms with Crippen molar-refractivity contribution < 1.29 is 10.2 Å². The van der Waals surface area contributed by atoms with E-state index in [1.807, 2.05) is 12.1 Å². The van der Waals surface area contributed by atoms with Gasteiger partial charge in [0, 0.05) is 5.41 Å². The lowest BCUT2D eigenvalue weighted by Crippen LogP contribution is -2.33. The summed E-state index contributed by atoms with van der Waals surface area (Å²) in [5.74, 6) is 4.21. The quantitative estimate of drug-likeness (QED) is 0.226. The molecular weight excluding hydrogens is 536 g/mol. The second-order valence-corrected chi connectivity index (χ2v) is 15.3. The van der Waals surface area contributed by atoms with E-state index in [0.717, 1.165) is 36.5 Å². The highest BCUT2D eigenvalue weighted by atomic mass is 16.3. The third kappa shape index (κ3) is 8.24. The third-order valence-electron chi connectivity index (χ3n) is 12.4. The van der Waals surface area contributed by atoms with Crippen LogP contribution in [-0.2, 0) is 18.3 Å². The first-order chi connectivity index (χ1) is 21.5. The molecule has 0 aliphatic heterocycles. The molecule has 2 unspecified atom stereocenters. The van der Waals surface area contributed by atoms with E-state index in [1.165, 1.54) is 157 Å². The van der Waals surface area contributed by atoms with E-state index >= 15 is 0 Å². The molecule has 0 saturated heterocycles. The minimum atomic E-state index is -0.0273. The Labute approximate surface area is 270 Å². The van der Waals surface area contributed by atoms with Crippen LogP contribution in [0.5, 0.6) is 11.5 Å². The predicted molar refractivity (Wildman–Crippen MR) is 187 cm³/mol. The average molecular weight is 601 g/mol. The molecule has 0 bridgehead atoms. The van der Waals surface area contributed by atoms with E-state index in [1.54, 1.807) is 0 Å². The molecule has 2 atom stereocenters. The number of benzene rings is 2. The maximum absolute atomic E-state index is 10.8. The van der Waals surface area contributed by atoms with Crippen molar-refractivity contribution in [1.82, 2.24) is 0 Å². The maximum Gasteiger partial charge on any atom is 0.115 e. The van der Waals surface area contributed by atoms with Crippen LogP contribution >= 0.6 is 0 Å². The van der Waals surface area contributed by atoms with Crippen LogP contribution in [0.1, 0.15) is 171 Å². The fourth-order valence-electron chi connectivity index (χ4n) is 10.2. The standard InChI is InChI=1S/C42H64O2/c1-3-14-32(34-16-8-5-9-17-34)20-22-36-30-38(43)24-26-40(36)42(28-12-7-13-29-42)41-27-25-39(44)31-37(41)23-21-33(15-4-2)35-18-10-6-11-19-35/h24-27,30-35,43-44H,3-23,28-29H2,1-2H3. The SMILES string of the molecule is CCCC(CCc1cc(O)ccc1C1(c2ccc(O)cc2CCC(CCC)C2CCCCC2)CCCCC1)C1CCCCC1. The number of hydrogen-bond donors (Lipinski definition) is 2. The van der Waals surface area contributed by atoms with Gasteiger partial charge in [-0.1, -0.05) is 135 Å². The first kappa shape index (κ1) is 33.4. The first-order valence-electron chi connectivity index (χ1n) is 19.2. The van der Waals surface area contributed by atoms with Gasteiger partial charge in [0.1, 0.15) is 11.5 Å². The molecule has 3 aliphatic rings. The lowest BCUT2D eigenvalue weighted by molar-refractivity contribution is 0.222. The fraction of sp³-hybridized carbons (Fsp3) is 0.714. The molecule has 2 aromatic rings. The van der Waals surface area contributed by atoms with Crippen LogP contribution in [0.25, 0.3) is 0 Å². The molecule has 0 amide bonds. The summed E-state index contributed by atoms with van der Waals surface area (Å²) in [6.07, 6.45) is 30.2. The topological polar surface area (TPSA) is 40.5 Å². The average Bonchev–Trinajstić information content (AvgIpc) is 3.06. The highest BCUT2D eigenvalue weighted by Crippen LogP contribution is 2.49. The van der Waals surface area contributed by atoms with Gasteiger partial charge in [0.05, 0.1) is 0 Å². The van der Waals surface area contributed by atoms with Gasteiger partial charge in [0.25, 0.3) is 0 Å². The summed E-state index contributed by atoms with van der Waals surface area (Å²) >= 11 is 0. The molecule has 0 aromatic heterocycles. The summed E-state index contributed by atoms with van der Waals surface area (Å²) in [7, 11) is 0. The molecule has 0 spiro atoms. The summed E-state index contributed by atoms with van der Waals surface area (Å²) < 4.78 is 0. The van der Waals surface area contributed by atoms with Gasteiger partial charge in [0.2, 0.25) is 0 Å². The van der Waals surface area contributed by atoms with Gasteiger partial charge in [-0.15, -0.1) is 0 Å². The van der Waals surface area contributed by atoms with Gasteiger partial charge in [-0.3, -0.25) is 0 Å². The highest BCUT2D eigenvalue weighted by Gasteiger charge is 2.39. The van der Waals surface area contributed by atoms with Crippen molar-refractivity contribution in [3.05, 3.63) is 58.7 Å². The largest absolute Gasteiger partial charge is 0.508 e. The Morgan fingerprint density at radius 2 is 0.977 bits per heavy atom. The Balaban J connectivity index is 1.46. The molecule has 3 saturated carbocycles. The molecule has 2 aromatic carbocycles. The normalized spacial score (nSPS) is 21.2. The molecule has 2 nitrogen and oxygen atoms in total. The molecule has 3 fully saturated rings. The van der Waals surface area contributed by atoms with Crippen molar-refractivity contribution in [2.75, 3.05) is 0 Å². The van der Waals surface area contributed by atoms with Crippen LogP contribution in [-0.4, -0.2) is 10.2 Å². The number of hydrogen-bond acceptors (Lipinski definition) is 2. The zero-order chi connectivity index (χ0) is 30.8. The van der Waals surface area contributed by atoms with Crippen LogP contribution in [0.15, 0.2) is 36.4 Å². The third-order valence-corrected chi connectivity index (χ3v) is 12.4. The summed E-state index contributed by atoms with van der Waals surface area (Å²) in [6.45, 7) is 4.72. The number of rotatable bonds is 14. The van der Waals surface area contributed by atoms with Crippen molar-refractivity contribution >= 4 is 0 Å². The number of aromatic hydroxyl groups is 2. The van der Waals surface area contributed by atoms with Gasteiger partial charge in [-0.25, -0.2) is 0 Å². The molecule has 244 valence electrons. The summed E-state index contributed by atoms with van der Waals surface area (Å²) in [5.41, 5.74) is 5.68. The van der Waals surface area contributed by atoms with Crippen LogP contribution < -0.4 is 0 Å². The molecule has 2 heteroatoms. The Morgan fingerprint density at radius 3 is 1.39 bits per heavy atom. The zero-order valence-corrected chi connectivity index (χ0v) is 28.4. The Bertz CT molecular complexity index is 1050.